The van der Waals surface area contributed by atoms with E-state index in [1.807, 2.05) is 43.3 Å². The second-order valence-corrected chi connectivity index (χ2v) is 19.5. The summed E-state index contributed by atoms with van der Waals surface area (Å²) in [5.41, 5.74) is 12.8. The van der Waals surface area contributed by atoms with E-state index in [2.05, 4.69) is 36.9 Å². The van der Waals surface area contributed by atoms with Gasteiger partial charge >= 0.3 is 11.9 Å². The first kappa shape index (κ1) is 63.1. The molecule has 0 aromatic heterocycles. The van der Waals surface area contributed by atoms with Crippen LogP contribution in [0.4, 0.5) is 0 Å². The molecule has 1 aliphatic heterocycles. The average Bonchev–Trinajstić information content (AvgIpc) is 3.37. The summed E-state index contributed by atoms with van der Waals surface area (Å²) in [4.78, 5) is 128. The summed E-state index contributed by atoms with van der Waals surface area (Å²) in [6, 6.07) is -1.03. The Morgan fingerprint density at radius 2 is 1.46 bits per heavy atom. The molecule has 1 aromatic rings. The fourth-order valence-electron chi connectivity index (χ4n) is 8.64. The minimum atomic E-state index is -1.95. The van der Waals surface area contributed by atoms with E-state index in [-0.39, 0.29) is 43.8 Å². The molecular weight excluding hydrogens is 989 g/mol. The molecule has 14 N–H and O–H groups in total. The van der Waals surface area contributed by atoms with Crippen LogP contribution in [0.3, 0.4) is 0 Å². The lowest BCUT2D eigenvalue weighted by Crippen LogP contribution is -2.59. The summed E-state index contributed by atoms with van der Waals surface area (Å²) in [5.74, 6) is -13.3. The number of carboxylic acid groups (broad SMARTS) is 2. The zero-order valence-electron chi connectivity index (χ0n) is 44.3. The monoisotopic (exact) mass is 1070 g/mol. The molecule has 0 saturated carbocycles. The van der Waals surface area contributed by atoms with Crippen molar-refractivity contribution in [3.05, 3.63) is 71.8 Å². The maximum Gasteiger partial charge on any atom is 0.327 e. The van der Waals surface area contributed by atoms with Crippen molar-refractivity contribution >= 4 is 59.2 Å². The number of carboxylic acids is 2. The van der Waals surface area contributed by atoms with Crippen LogP contribution >= 0.6 is 0 Å². The van der Waals surface area contributed by atoms with E-state index in [0.717, 1.165) is 10.5 Å². The lowest BCUT2D eigenvalue weighted by atomic mass is 9.88. The molecule has 3 rings (SSSR count). The van der Waals surface area contributed by atoms with E-state index in [9.17, 15) is 63.6 Å². The first-order valence-electron chi connectivity index (χ1n) is 25.4. The Labute approximate surface area is 443 Å². The predicted octanol–water partition coefficient (Wildman–Crippen LogP) is -0.863. The number of aliphatic carboxylic acids is 2. The van der Waals surface area contributed by atoms with Gasteiger partial charge in [-0.3, -0.25) is 38.6 Å². The Morgan fingerprint density at radius 3 is 2.05 bits per heavy atom. The Kier molecular flexibility index (Phi) is 25.8. The highest BCUT2D eigenvalue weighted by Crippen LogP contribution is 2.23. The number of hydrogen-bond acceptors (Lipinski definition) is 13. The van der Waals surface area contributed by atoms with Crippen LogP contribution in [0.2, 0.25) is 0 Å². The maximum absolute atomic E-state index is 14.5. The van der Waals surface area contributed by atoms with Crippen molar-refractivity contribution in [3.8, 4) is 0 Å². The molecule has 420 valence electrons. The van der Waals surface area contributed by atoms with Crippen LogP contribution in [-0.2, 0) is 54.3 Å². The number of nitrogens with two attached hydrogens (primary N) is 2. The molecule has 1 saturated heterocycles. The molecule has 76 heavy (non-hydrogen) atoms. The number of aliphatic hydroxyl groups excluding tert-OH is 2. The molecule has 1 heterocycles. The van der Waals surface area contributed by atoms with Gasteiger partial charge < -0.3 is 73.4 Å². The topological polar surface area (TPSA) is 384 Å². The molecule has 0 unspecified atom stereocenters. The van der Waals surface area contributed by atoms with E-state index < -0.39 is 139 Å². The first-order chi connectivity index (χ1) is 35.9. The predicted molar refractivity (Wildman–Crippen MR) is 279 cm³/mol. The van der Waals surface area contributed by atoms with Crippen molar-refractivity contribution in [2.75, 3.05) is 27.3 Å². The van der Waals surface area contributed by atoms with Gasteiger partial charge in [-0.1, -0.05) is 87.1 Å². The van der Waals surface area contributed by atoms with Crippen molar-refractivity contribution in [2.45, 2.75) is 140 Å². The van der Waals surface area contributed by atoms with Crippen molar-refractivity contribution in [2.24, 2.45) is 40.1 Å². The number of aliphatic hydroxyl groups is 2. The molecule has 0 radical (unpaired) electrons. The summed E-state index contributed by atoms with van der Waals surface area (Å²) in [6.07, 6.45) is 7.39. The van der Waals surface area contributed by atoms with Gasteiger partial charge in [0, 0.05) is 33.0 Å². The molecule has 24 heteroatoms. The normalized spacial score (nSPS) is 28.3. The number of amides is 7. The number of methoxy groups -OCH3 is 1. The molecule has 1 aromatic carbocycles. The van der Waals surface area contributed by atoms with E-state index >= 15 is 0 Å². The van der Waals surface area contributed by atoms with Gasteiger partial charge in [0.1, 0.15) is 36.3 Å². The number of allylic oxidation sites excluding steroid dienone is 3. The highest BCUT2D eigenvalue weighted by molar-refractivity contribution is 5.97. The number of likely N-dealkylation sites (N-methyl/N-ethyl adjacent to an activating group) is 1. The van der Waals surface area contributed by atoms with Crippen molar-refractivity contribution in [1.82, 2.24) is 36.8 Å². The van der Waals surface area contributed by atoms with E-state index in [1.54, 1.807) is 26.2 Å². The van der Waals surface area contributed by atoms with Gasteiger partial charge in [0.25, 0.3) is 0 Å². The molecule has 1 aliphatic carbocycles. The SMILES string of the molecule is CO[C@@H](Cc1ccccc1)[C@@H](C)/C=C(C)/C=C/[C@@H]1NC(=O)[C@H](CCCN=C(N)N)NC(=O)[C@@H](C)[C@H](C(=O)O)NC(=O)[C@H](C[C@H]2C=C[C@H](O)CC2)NC(=O)[C@@H](C)NC(=O)[C@H](CO)N(C)C(=O)CC[C@H](C(=O)O)NC(=O)[C@H]1C. The molecule has 0 spiro atoms. The minimum absolute atomic E-state index is 0.00246. The Morgan fingerprint density at radius 1 is 0.816 bits per heavy atom. The molecule has 13 atom stereocenters. The van der Waals surface area contributed by atoms with Crippen LogP contribution in [-0.4, -0.2) is 166 Å². The summed E-state index contributed by atoms with van der Waals surface area (Å²) in [7, 11) is 2.78. The summed E-state index contributed by atoms with van der Waals surface area (Å²) in [6.45, 7) is 6.69. The number of benzene rings is 1. The van der Waals surface area contributed by atoms with Gasteiger partial charge in [-0.25, -0.2) is 9.59 Å². The third kappa shape index (κ3) is 20.2. The quantitative estimate of drug-likeness (QED) is 0.0315. The standard InChI is InChI=1S/C52H78N10O14/c1-28(24-29(2)41(76-7)26-33-12-9-8-10-13-33)15-20-36-30(3)44(66)59-38(50(72)73)21-22-42(65)62(6)40(27-63)49(71)56-32(5)46(68)60-39(25-34-16-18-35(64)19-17-34)48(70)61-43(51(74)75)31(4)45(67)58-37(47(69)57-36)14-11-23-55-52(53)54/h8-10,12-13,15-16,18,20,24,29-32,34-41,43,63-64H,11,14,17,19,21-23,25-27H2,1-7H3,(H,56,71)(H,57,69)(H,58,67)(H,59,66)(H,60,68)(H,61,70)(H,72,73)(H,74,75)(H4,53,54,55)/b20-15+,28-24+/t29-,30-,31-,32+,34-,35-,36-,37-,38+,39-,40-,41-,43+/m0/s1. The van der Waals surface area contributed by atoms with Crippen molar-refractivity contribution < 1.29 is 68.3 Å². The zero-order chi connectivity index (χ0) is 56.8. The fraction of sp³-hybridized carbons (Fsp3) is 0.577. The van der Waals surface area contributed by atoms with Crippen LogP contribution in [0.25, 0.3) is 0 Å². The lowest BCUT2D eigenvalue weighted by molar-refractivity contribution is -0.146. The van der Waals surface area contributed by atoms with Crippen molar-refractivity contribution in [1.29, 1.82) is 0 Å². The Balaban J connectivity index is 2.15. The molecule has 1 fully saturated rings. The first-order valence-corrected chi connectivity index (χ1v) is 25.4. The number of aliphatic imine (C=N–C) groups is 1. The van der Waals surface area contributed by atoms with Crippen LogP contribution in [0.5, 0.6) is 0 Å². The molecule has 24 nitrogen and oxygen atoms in total. The van der Waals surface area contributed by atoms with E-state index in [4.69, 9.17) is 16.2 Å². The summed E-state index contributed by atoms with van der Waals surface area (Å²) >= 11 is 0. The zero-order valence-corrected chi connectivity index (χ0v) is 44.3. The average molecular weight is 1070 g/mol. The highest BCUT2D eigenvalue weighted by Gasteiger charge is 2.38. The highest BCUT2D eigenvalue weighted by atomic mass is 16.5. The lowest BCUT2D eigenvalue weighted by Gasteiger charge is -2.30. The van der Waals surface area contributed by atoms with Gasteiger partial charge in [-0.15, -0.1) is 0 Å². The fourth-order valence-corrected chi connectivity index (χ4v) is 8.64. The molecule has 7 amide bonds. The third-order valence-corrected chi connectivity index (χ3v) is 13.5. The van der Waals surface area contributed by atoms with Crippen LogP contribution < -0.4 is 43.4 Å². The van der Waals surface area contributed by atoms with E-state index in [1.165, 1.54) is 40.0 Å². The minimum Gasteiger partial charge on any atom is -0.480 e. The number of guanidine groups is 1. The second-order valence-electron chi connectivity index (χ2n) is 19.5. The molecular formula is C52H78N10O14. The van der Waals surface area contributed by atoms with Crippen molar-refractivity contribution in [3.63, 3.8) is 0 Å². The summed E-state index contributed by atoms with van der Waals surface area (Å²) < 4.78 is 5.82. The van der Waals surface area contributed by atoms with Gasteiger partial charge in [0.2, 0.25) is 41.4 Å². The Bertz CT molecular complexity index is 2310. The number of carbonyl (C=O) groups is 9. The second kappa shape index (κ2) is 31.0. The number of rotatable bonds is 16. The Hall–Kier alpha value is -7.18. The molecule has 0 bridgehead atoms. The number of hydrogen-bond donors (Lipinski definition) is 12. The molecule has 2 aliphatic rings. The number of nitrogens with zero attached hydrogens (tertiary/aromatic N) is 2. The van der Waals surface area contributed by atoms with Crippen LogP contribution in [0.15, 0.2) is 71.3 Å². The van der Waals surface area contributed by atoms with Crippen LogP contribution in [0.1, 0.15) is 85.1 Å². The van der Waals surface area contributed by atoms with Crippen LogP contribution in [0, 0.1) is 23.7 Å². The number of nitrogens with one attached hydrogen (secondary N) is 6. The largest absolute Gasteiger partial charge is 0.480 e. The number of carbonyl (C=O) groups excluding carboxylic acids is 7. The van der Waals surface area contributed by atoms with Gasteiger partial charge in [-0.2, -0.15) is 0 Å². The van der Waals surface area contributed by atoms with Gasteiger partial charge in [-0.05, 0) is 70.3 Å². The van der Waals surface area contributed by atoms with E-state index in [0.29, 0.717) is 24.8 Å². The van der Waals surface area contributed by atoms with Gasteiger partial charge in [0.15, 0.2) is 5.96 Å². The maximum atomic E-state index is 14.5. The number of ether oxygens (including phenoxy) is 1. The third-order valence-electron chi connectivity index (χ3n) is 13.5. The van der Waals surface area contributed by atoms with Gasteiger partial charge in [0.05, 0.1) is 36.7 Å². The smallest absolute Gasteiger partial charge is 0.327 e. The summed E-state index contributed by atoms with van der Waals surface area (Å²) in [5, 5.41) is 56.0.